The number of aliphatic hydroxyl groups excluding tert-OH is 2. The molecule has 0 aromatic carbocycles. The van der Waals surface area contributed by atoms with Gasteiger partial charge in [0.25, 0.3) is 0 Å². The van der Waals surface area contributed by atoms with Gasteiger partial charge in [-0.05, 0) is 6.07 Å². The maximum absolute atomic E-state index is 8.86. The van der Waals surface area contributed by atoms with Crippen LogP contribution < -0.4 is 10.6 Å². The predicted molar refractivity (Wildman–Crippen MR) is 55.4 cm³/mol. The smallest absolute Gasteiger partial charge is 0.127 e. The van der Waals surface area contributed by atoms with Crippen molar-refractivity contribution in [1.29, 1.82) is 0 Å². The van der Waals surface area contributed by atoms with Crippen LogP contribution in [0.5, 0.6) is 0 Å². The van der Waals surface area contributed by atoms with Crippen LogP contribution in [0.25, 0.3) is 0 Å². The second kappa shape index (κ2) is 5.41. The molecule has 0 aliphatic rings. The Labute approximate surface area is 82.8 Å². The fourth-order valence-corrected chi connectivity index (χ4v) is 1.04. The summed E-state index contributed by atoms with van der Waals surface area (Å²) in [6.45, 7) is -0.207. The molecular formula is C9H15N3O2. The number of nitrogens with zero attached hydrogens (tertiary/aromatic N) is 1. The van der Waals surface area contributed by atoms with Gasteiger partial charge >= 0.3 is 0 Å². The first-order chi connectivity index (χ1) is 6.80. The Bertz CT molecular complexity index is 277. The molecule has 1 aromatic rings. The normalized spacial score (nSPS) is 10.3. The zero-order valence-electron chi connectivity index (χ0n) is 8.07. The lowest BCUT2D eigenvalue weighted by atomic mass is 10.3. The molecule has 0 saturated carbocycles. The zero-order chi connectivity index (χ0) is 10.4. The van der Waals surface area contributed by atoms with Crippen molar-refractivity contribution in [1.82, 2.24) is 4.98 Å². The highest BCUT2D eigenvalue weighted by Crippen LogP contribution is 2.11. The molecule has 0 saturated heterocycles. The van der Waals surface area contributed by atoms with E-state index < -0.39 is 0 Å². The SMILES string of the molecule is CNc1cc(NC(CO)CO)ccn1. The van der Waals surface area contributed by atoms with Crippen LogP contribution in [-0.4, -0.2) is 41.5 Å². The molecule has 0 unspecified atom stereocenters. The summed E-state index contributed by atoms with van der Waals surface area (Å²) in [4.78, 5) is 4.04. The van der Waals surface area contributed by atoms with Crippen molar-refractivity contribution >= 4 is 11.5 Å². The van der Waals surface area contributed by atoms with E-state index in [1.54, 1.807) is 25.4 Å². The second-order valence-corrected chi connectivity index (χ2v) is 2.89. The third-order valence-corrected chi connectivity index (χ3v) is 1.83. The number of hydrogen-bond donors (Lipinski definition) is 4. The molecule has 78 valence electrons. The monoisotopic (exact) mass is 197 g/mol. The Balaban J connectivity index is 2.65. The molecule has 0 amide bonds. The standard InChI is InChI=1S/C9H15N3O2/c1-10-9-4-7(2-3-11-9)12-8(5-13)6-14/h2-4,8,13-14H,5-6H2,1H3,(H2,10,11,12). The third-order valence-electron chi connectivity index (χ3n) is 1.83. The van der Waals surface area contributed by atoms with E-state index in [9.17, 15) is 0 Å². The number of anilines is 2. The first-order valence-corrected chi connectivity index (χ1v) is 4.42. The summed E-state index contributed by atoms with van der Waals surface area (Å²) in [5.74, 6) is 0.740. The summed E-state index contributed by atoms with van der Waals surface area (Å²) >= 11 is 0. The molecule has 1 rings (SSSR count). The van der Waals surface area contributed by atoms with Crippen LogP contribution in [0.4, 0.5) is 11.5 Å². The molecule has 0 spiro atoms. The van der Waals surface area contributed by atoms with Crippen molar-refractivity contribution in [2.24, 2.45) is 0 Å². The molecule has 0 atom stereocenters. The van der Waals surface area contributed by atoms with Crippen LogP contribution >= 0.6 is 0 Å². The fraction of sp³-hybridized carbons (Fsp3) is 0.444. The Morgan fingerprint density at radius 3 is 2.71 bits per heavy atom. The van der Waals surface area contributed by atoms with Crippen LogP contribution in [0.1, 0.15) is 0 Å². The minimum Gasteiger partial charge on any atom is -0.394 e. The Morgan fingerprint density at radius 2 is 2.14 bits per heavy atom. The van der Waals surface area contributed by atoms with E-state index in [-0.39, 0.29) is 19.3 Å². The molecular weight excluding hydrogens is 182 g/mol. The van der Waals surface area contributed by atoms with Crippen molar-refractivity contribution < 1.29 is 10.2 Å². The van der Waals surface area contributed by atoms with E-state index >= 15 is 0 Å². The van der Waals surface area contributed by atoms with Gasteiger partial charge < -0.3 is 20.8 Å². The topological polar surface area (TPSA) is 77.4 Å². The van der Waals surface area contributed by atoms with Gasteiger partial charge in [-0.2, -0.15) is 0 Å². The van der Waals surface area contributed by atoms with Crippen LogP contribution in [0.2, 0.25) is 0 Å². The quantitative estimate of drug-likeness (QED) is 0.530. The lowest BCUT2D eigenvalue weighted by Crippen LogP contribution is -2.27. The van der Waals surface area contributed by atoms with Crippen LogP contribution in [0.15, 0.2) is 18.3 Å². The summed E-state index contributed by atoms with van der Waals surface area (Å²) in [6.07, 6.45) is 1.65. The molecule has 0 radical (unpaired) electrons. The minimum absolute atomic E-state index is 0.103. The van der Waals surface area contributed by atoms with E-state index in [1.807, 2.05) is 0 Å². The molecule has 5 nitrogen and oxygen atoms in total. The first kappa shape index (κ1) is 10.7. The Morgan fingerprint density at radius 1 is 1.43 bits per heavy atom. The summed E-state index contributed by atoms with van der Waals surface area (Å²) in [7, 11) is 1.78. The summed E-state index contributed by atoms with van der Waals surface area (Å²) in [5, 5.41) is 23.6. The van der Waals surface area contributed by atoms with Crippen LogP contribution in [0.3, 0.4) is 0 Å². The van der Waals surface area contributed by atoms with Gasteiger partial charge in [0.15, 0.2) is 0 Å². The number of nitrogens with one attached hydrogen (secondary N) is 2. The van der Waals surface area contributed by atoms with Gasteiger partial charge in [0, 0.05) is 25.0 Å². The maximum Gasteiger partial charge on any atom is 0.127 e. The van der Waals surface area contributed by atoms with Crippen molar-refractivity contribution in [2.45, 2.75) is 6.04 Å². The van der Waals surface area contributed by atoms with Gasteiger partial charge in [-0.25, -0.2) is 4.98 Å². The van der Waals surface area contributed by atoms with Gasteiger partial charge in [0.2, 0.25) is 0 Å². The second-order valence-electron chi connectivity index (χ2n) is 2.89. The van der Waals surface area contributed by atoms with Crippen molar-refractivity contribution in [2.75, 3.05) is 30.9 Å². The molecule has 4 N–H and O–H groups in total. The molecule has 0 fully saturated rings. The van der Waals surface area contributed by atoms with Gasteiger partial charge in [0.05, 0.1) is 19.3 Å². The first-order valence-electron chi connectivity index (χ1n) is 4.42. The summed E-state index contributed by atoms with van der Waals surface area (Å²) in [5.41, 5.74) is 0.817. The van der Waals surface area contributed by atoms with Crippen LogP contribution in [-0.2, 0) is 0 Å². The van der Waals surface area contributed by atoms with Crippen molar-refractivity contribution in [3.63, 3.8) is 0 Å². The Hall–Kier alpha value is -1.33. The van der Waals surface area contributed by atoms with E-state index in [4.69, 9.17) is 10.2 Å². The third kappa shape index (κ3) is 2.86. The lowest BCUT2D eigenvalue weighted by molar-refractivity contribution is 0.204. The molecule has 0 bridgehead atoms. The number of hydrogen-bond acceptors (Lipinski definition) is 5. The van der Waals surface area contributed by atoms with Crippen molar-refractivity contribution in [3.05, 3.63) is 18.3 Å². The molecule has 1 aromatic heterocycles. The van der Waals surface area contributed by atoms with E-state index in [1.165, 1.54) is 0 Å². The molecule has 0 aliphatic carbocycles. The number of rotatable bonds is 5. The van der Waals surface area contributed by atoms with E-state index in [2.05, 4.69) is 15.6 Å². The van der Waals surface area contributed by atoms with E-state index in [0.717, 1.165) is 11.5 Å². The van der Waals surface area contributed by atoms with Gasteiger partial charge in [0.1, 0.15) is 5.82 Å². The number of aliphatic hydroxyl groups is 2. The van der Waals surface area contributed by atoms with Crippen LogP contribution in [0, 0.1) is 0 Å². The highest BCUT2D eigenvalue weighted by Gasteiger charge is 2.05. The summed E-state index contributed by atoms with van der Waals surface area (Å²) in [6, 6.07) is 3.25. The molecule has 14 heavy (non-hydrogen) atoms. The van der Waals surface area contributed by atoms with Gasteiger partial charge in [-0.3, -0.25) is 0 Å². The lowest BCUT2D eigenvalue weighted by Gasteiger charge is -2.14. The van der Waals surface area contributed by atoms with E-state index in [0.29, 0.717) is 0 Å². The highest BCUT2D eigenvalue weighted by molar-refractivity contribution is 5.52. The summed E-state index contributed by atoms with van der Waals surface area (Å²) < 4.78 is 0. The molecule has 0 aliphatic heterocycles. The van der Waals surface area contributed by atoms with Gasteiger partial charge in [-0.1, -0.05) is 0 Å². The van der Waals surface area contributed by atoms with Gasteiger partial charge in [-0.15, -0.1) is 0 Å². The maximum atomic E-state index is 8.86. The highest BCUT2D eigenvalue weighted by atomic mass is 16.3. The minimum atomic E-state index is -0.331. The predicted octanol–water partition coefficient (Wildman–Crippen LogP) is -0.112. The average Bonchev–Trinajstić information content (AvgIpc) is 2.26. The average molecular weight is 197 g/mol. The van der Waals surface area contributed by atoms with Crippen molar-refractivity contribution in [3.8, 4) is 0 Å². The fourth-order valence-electron chi connectivity index (χ4n) is 1.04. The Kier molecular flexibility index (Phi) is 4.15. The largest absolute Gasteiger partial charge is 0.394 e. The number of aromatic nitrogens is 1. The zero-order valence-corrected chi connectivity index (χ0v) is 8.07. The number of pyridine rings is 1. The molecule has 1 heterocycles. The molecule has 5 heteroatoms.